The summed E-state index contributed by atoms with van der Waals surface area (Å²) in [5.41, 5.74) is -0.169. The Labute approximate surface area is 212 Å². The summed E-state index contributed by atoms with van der Waals surface area (Å²) in [7, 11) is -4.80. The lowest BCUT2D eigenvalue weighted by atomic mass is 9.96. The maximum atomic E-state index is 13.8. The molecule has 2 heterocycles. The summed E-state index contributed by atoms with van der Waals surface area (Å²) in [4.78, 5) is 27.9. The fourth-order valence-corrected chi connectivity index (χ4v) is 4.55. The smallest absolute Gasteiger partial charge is 0.459 e. The van der Waals surface area contributed by atoms with Crippen molar-refractivity contribution >= 4 is 25.6 Å². The summed E-state index contributed by atoms with van der Waals surface area (Å²) in [6.07, 6.45) is -6.53. The van der Waals surface area contributed by atoms with Gasteiger partial charge in [-0.3, -0.25) is 9.32 Å². The molecule has 1 fully saturated rings. The van der Waals surface area contributed by atoms with Gasteiger partial charge < -0.3 is 29.3 Å². The Kier molecular flexibility index (Phi) is 7.41. The molecule has 0 bridgehead atoms. The van der Waals surface area contributed by atoms with Gasteiger partial charge in [0.25, 0.3) is 0 Å². The lowest BCUT2D eigenvalue weighted by Crippen LogP contribution is -2.61. The third kappa shape index (κ3) is 6.59. The Morgan fingerprint density at radius 3 is 2.75 bits per heavy atom. The van der Waals surface area contributed by atoms with Gasteiger partial charge in [-0.15, -0.1) is 0 Å². The molecule has 15 heteroatoms. The number of hydrogen-bond donors (Lipinski definition) is 5. The van der Waals surface area contributed by atoms with Crippen molar-refractivity contribution in [2.45, 2.75) is 63.9 Å². The minimum Gasteiger partial charge on any atom is -0.495 e. The number of urea groups is 1. The van der Waals surface area contributed by atoms with Crippen LogP contribution in [0.1, 0.15) is 31.8 Å². The number of para-hydroxylation sites is 1. The Hall–Kier alpha value is -2.58. The molecule has 3 rings (SSSR count). The van der Waals surface area contributed by atoms with Crippen molar-refractivity contribution in [1.82, 2.24) is 15.5 Å². The molecule has 2 aliphatic rings. The van der Waals surface area contributed by atoms with Crippen molar-refractivity contribution in [3.8, 4) is 5.75 Å². The number of nitrogens with one attached hydrogen (secondary N) is 2. The molecule has 1 unspecified atom stereocenters. The second-order valence-electron chi connectivity index (χ2n) is 8.42. The highest BCUT2D eigenvalue weighted by Gasteiger charge is 2.56. The van der Waals surface area contributed by atoms with Gasteiger partial charge in [-0.25, -0.2) is 19.8 Å². The average molecular weight is 533 g/mol. The normalized spacial score (nSPS) is 32.6. The third-order valence-electron chi connectivity index (χ3n) is 4.96. The van der Waals surface area contributed by atoms with Gasteiger partial charge in [-0.2, -0.15) is 10.1 Å². The molecular weight excluding hydrogens is 499 g/mol. The lowest BCUT2D eigenvalue weighted by molar-refractivity contribution is -0.149. The molecule has 7 atom stereocenters. The SMILES string of the molecule is [2H]C1NN([C@@H]2O[C@H](C([2H])([2H])O[P@@](=O)(N[C@@H](C)C(=O)OC(C)C)Oc3ccccc3)[C@@H](O)[C@@]2(C)O)C(=O)N=C1O. The number of aliphatic hydroxyl groups excluding tert-OH is 2. The van der Waals surface area contributed by atoms with Crippen LogP contribution in [0.4, 0.5) is 4.79 Å². The van der Waals surface area contributed by atoms with E-state index in [4.69, 9.17) is 22.6 Å². The number of ether oxygens (including phenoxy) is 2. The van der Waals surface area contributed by atoms with Gasteiger partial charge in [0.15, 0.2) is 6.23 Å². The fraction of sp³-hybridized carbons (Fsp3) is 0.571. The van der Waals surface area contributed by atoms with Crippen LogP contribution in [0.2, 0.25) is 0 Å². The molecule has 2 aliphatic heterocycles. The van der Waals surface area contributed by atoms with E-state index >= 15 is 0 Å². The molecule has 0 radical (unpaired) electrons. The molecule has 1 aromatic rings. The standard InChI is InChI=1S/C21H31N4O10P/c1-12(2)33-18(28)13(3)24-36(31,35-14-8-6-5-7-9-14)32-11-15-17(27)21(4,30)19(34-15)25-20(29)23-16(26)10-22-25/h5-9,12-13,15,17,19,22,27,30H,10-11H2,1-4H3,(H,24,31)(H,23,26,29)/t13-,15+,17+,19+,21+,36-/m0/s1/i10D,11D2/t10?,13-,15+,17+,19+,21+,36-. The number of carbonyl (C=O) groups excluding carboxylic acids is 2. The predicted molar refractivity (Wildman–Crippen MR) is 125 cm³/mol. The van der Waals surface area contributed by atoms with Crippen LogP contribution in [0.3, 0.4) is 0 Å². The van der Waals surface area contributed by atoms with Gasteiger partial charge in [0.2, 0.25) is 5.90 Å². The quantitative estimate of drug-likeness (QED) is 0.211. The van der Waals surface area contributed by atoms with E-state index in [1.807, 2.05) is 0 Å². The molecule has 1 saturated heterocycles. The van der Waals surface area contributed by atoms with E-state index in [2.05, 4.69) is 15.5 Å². The molecule has 36 heavy (non-hydrogen) atoms. The average Bonchev–Trinajstić information content (AvgIpc) is 3.05. The fourth-order valence-electron chi connectivity index (χ4n) is 3.19. The first-order valence-electron chi connectivity index (χ1n) is 12.4. The zero-order valence-corrected chi connectivity index (χ0v) is 20.8. The second kappa shape index (κ2) is 11.2. The van der Waals surface area contributed by atoms with E-state index in [9.17, 15) is 29.5 Å². The number of aliphatic hydroxyl groups is 3. The summed E-state index contributed by atoms with van der Waals surface area (Å²) < 4.78 is 59.6. The van der Waals surface area contributed by atoms with Gasteiger partial charge in [0, 0.05) is 0 Å². The molecule has 0 aliphatic carbocycles. The van der Waals surface area contributed by atoms with Crippen molar-refractivity contribution < 1.29 is 52.1 Å². The van der Waals surface area contributed by atoms with Crippen LogP contribution in [0.15, 0.2) is 35.3 Å². The third-order valence-corrected chi connectivity index (χ3v) is 6.46. The number of hydrogen-bond acceptors (Lipinski definition) is 10. The highest BCUT2D eigenvalue weighted by Crippen LogP contribution is 2.46. The molecule has 1 aromatic carbocycles. The van der Waals surface area contributed by atoms with Crippen LogP contribution in [0.5, 0.6) is 5.75 Å². The van der Waals surface area contributed by atoms with Crippen molar-refractivity contribution in [3.05, 3.63) is 30.3 Å². The minimum atomic E-state index is -4.80. The maximum Gasteiger partial charge on any atom is 0.459 e. The zero-order chi connectivity index (χ0) is 29.3. The molecule has 0 spiro atoms. The first kappa shape index (κ1) is 23.8. The molecule has 14 nitrogen and oxygen atoms in total. The van der Waals surface area contributed by atoms with Crippen molar-refractivity contribution in [2.24, 2.45) is 4.99 Å². The van der Waals surface area contributed by atoms with Crippen LogP contribution in [0, 0.1) is 0 Å². The molecule has 0 aromatic heterocycles. The van der Waals surface area contributed by atoms with Crippen molar-refractivity contribution in [3.63, 3.8) is 0 Å². The Bertz CT molecular complexity index is 1140. The first-order chi connectivity index (χ1) is 18.0. The first-order valence-corrected chi connectivity index (χ1v) is 12.4. The summed E-state index contributed by atoms with van der Waals surface area (Å²) >= 11 is 0. The second-order valence-corrected chi connectivity index (χ2v) is 10.0. The summed E-state index contributed by atoms with van der Waals surface area (Å²) in [6.45, 7) is 0.681. The zero-order valence-electron chi connectivity index (χ0n) is 22.9. The maximum absolute atomic E-state index is 13.8. The van der Waals surface area contributed by atoms with Crippen LogP contribution < -0.4 is 15.0 Å². The highest BCUT2D eigenvalue weighted by molar-refractivity contribution is 7.52. The van der Waals surface area contributed by atoms with Crippen LogP contribution in [0.25, 0.3) is 0 Å². The number of esters is 1. The number of rotatable bonds is 10. The summed E-state index contributed by atoms with van der Waals surface area (Å²) in [6, 6.07) is 5.00. The number of amides is 2. The van der Waals surface area contributed by atoms with Gasteiger partial charge in [-0.1, -0.05) is 18.2 Å². The monoisotopic (exact) mass is 533 g/mol. The molecule has 200 valence electrons. The van der Waals surface area contributed by atoms with Gasteiger partial charge >= 0.3 is 19.7 Å². The Morgan fingerprint density at radius 2 is 2.11 bits per heavy atom. The molecule has 2 amide bonds. The Morgan fingerprint density at radius 1 is 1.44 bits per heavy atom. The lowest BCUT2D eigenvalue weighted by Gasteiger charge is -2.35. The van der Waals surface area contributed by atoms with E-state index in [-0.39, 0.29) is 5.75 Å². The summed E-state index contributed by atoms with van der Waals surface area (Å²) in [5, 5.41) is 34.0. The van der Waals surface area contributed by atoms with Gasteiger partial charge in [-0.05, 0) is 39.8 Å². The van der Waals surface area contributed by atoms with E-state index in [0.717, 1.165) is 6.92 Å². The number of hydrazine groups is 1. The summed E-state index contributed by atoms with van der Waals surface area (Å²) in [5.74, 6) is -1.72. The van der Waals surface area contributed by atoms with Gasteiger partial charge in [0.1, 0.15) is 29.6 Å². The van der Waals surface area contributed by atoms with E-state index < -0.39 is 74.9 Å². The largest absolute Gasteiger partial charge is 0.495 e. The number of nitrogens with zero attached hydrogens (tertiary/aromatic N) is 2. The van der Waals surface area contributed by atoms with Crippen LogP contribution in [-0.2, 0) is 23.4 Å². The number of aliphatic imine (C=N–C) groups is 1. The van der Waals surface area contributed by atoms with Crippen molar-refractivity contribution in [1.29, 1.82) is 0 Å². The van der Waals surface area contributed by atoms with Crippen molar-refractivity contribution in [2.75, 3.05) is 13.1 Å². The highest BCUT2D eigenvalue weighted by atomic mass is 31.2. The number of carbonyl (C=O) groups is 2. The van der Waals surface area contributed by atoms with Gasteiger partial charge in [0.05, 0.1) is 23.3 Å². The van der Waals surface area contributed by atoms with E-state index in [1.165, 1.54) is 19.1 Å². The molecule has 5 N–H and O–H groups in total. The minimum absolute atomic E-state index is 0.0198. The number of benzene rings is 1. The van der Waals surface area contributed by atoms with Crippen LogP contribution in [-0.4, -0.2) is 87.5 Å². The van der Waals surface area contributed by atoms with E-state index in [0.29, 0.717) is 5.01 Å². The van der Waals surface area contributed by atoms with E-state index in [1.54, 1.807) is 32.0 Å². The predicted octanol–water partition coefficient (Wildman–Crippen LogP) is 0.853. The topological polar surface area (TPSA) is 188 Å². The van der Waals surface area contributed by atoms with Crippen LogP contribution >= 0.6 is 7.75 Å². The Balaban J connectivity index is 1.89. The molecular formula is C21H31N4O10P. The molecule has 0 saturated carbocycles.